The molecule has 1 aromatic heterocycles. The molecule has 1 unspecified atom stereocenters. The molecule has 1 aromatic carbocycles. The number of nitrogens with one attached hydrogen (secondary N) is 1. The van der Waals surface area contributed by atoms with Crippen LogP contribution in [0.5, 0.6) is 0 Å². The first-order valence-electron chi connectivity index (χ1n) is 5.95. The van der Waals surface area contributed by atoms with Gasteiger partial charge in [-0.3, -0.25) is 0 Å². The van der Waals surface area contributed by atoms with Gasteiger partial charge in [0.1, 0.15) is 5.82 Å². The van der Waals surface area contributed by atoms with Gasteiger partial charge >= 0.3 is 0 Å². The lowest BCUT2D eigenvalue weighted by molar-refractivity contribution is 0.618. The standard InChI is InChI=1S/C14H13ClFNS/c1-8-10(16)3-2-4-11(8)17-12-5-6-13-9(12)7-14(15)18-13/h2-4,7,12,17H,5-6H2,1H3. The second kappa shape index (κ2) is 4.56. The normalized spacial score (nSPS) is 17.8. The largest absolute Gasteiger partial charge is 0.378 e. The number of hydrogen-bond donors (Lipinski definition) is 1. The van der Waals surface area contributed by atoms with Gasteiger partial charge in [0.25, 0.3) is 0 Å². The molecule has 1 atom stereocenters. The van der Waals surface area contributed by atoms with E-state index in [1.165, 1.54) is 16.5 Å². The zero-order chi connectivity index (χ0) is 12.7. The van der Waals surface area contributed by atoms with E-state index in [9.17, 15) is 4.39 Å². The van der Waals surface area contributed by atoms with Crippen LogP contribution in [0.4, 0.5) is 10.1 Å². The van der Waals surface area contributed by atoms with Crippen molar-refractivity contribution >= 4 is 28.6 Å². The SMILES string of the molecule is Cc1c(F)cccc1NC1CCc2sc(Cl)cc21. The van der Waals surface area contributed by atoms with Crippen molar-refractivity contribution < 1.29 is 4.39 Å². The van der Waals surface area contributed by atoms with E-state index in [1.807, 2.05) is 12.1 Å². The lowest BCUT2D eigenvalue weighted by atomic mass is 10.1. The van der Waals surface area contributed by atoms with Crippen molar-refractivity contribution in [3.05, 3.63) is 50.4 Å². The maximum Gasteiger partial charge on any atom is 0.128 e. The van der Waals surface area contributed by atoms with Crippen LogP contribution in [-0.2, 0) is 6.42 Å². The van der Waals surface area contributed by atoms with E-state index in [1.54, 1.807) is 24.3 Å². The summed E-state index contributed by atoms with van der Waals surface area (Å²) in [4.78, 5) is 1.35. The molecule has 2 aromatic rings. The molecule has 1 aliphatic rings. The van der Waals surface area contributed by atoms with Crippen molar-refractivity contribution in [2.24, 2.45) is 0 Å². The molecule has 0 fully saturated rings. The summed E-state index contributed by atoms with van der Waals surface area (Å²) in [6.07, 6.45) is 2.10. The second-order valence-electron chi connectivity index (χ2n) is 4.58. The summed E-state index contributed by atoms with van der Waals surface area (Å²) in [5, 5.41) is 3.43. The predicted molar refractivity (Wildman–Crippen MR) is 75.2 cm³/mol. The Hall–Kier alpha value is -1.06. The third kappa shape index (κ3) is 2.02. The van der Waals surface area contributed by atoms with Crippen molar-refractivity contribution in [3.8, 4) is 0 Å². The Morgan fingerprint density at radius 3 is 3.11 bits per heavy atom. The van der Waals surface area contributed by atoms with Crippen LogP contribution in [0, 0.1) is 12.7 Å². The second-order valence-corrected chi connectivity index (χ2v) is 6.35. The lowest BCUT2D eigenvalue weighted by Crippen LogP contribution is -2.08. The summed E-state index contributed by atoms with van der Waals surface area (Å²) in [7, 11) is 0. The maximum atomic E-state index is 13.5. The Bertz CT molecular complexity index is 593. The number of anilines is 1. The molecule has 0 bridgehead atoms. The van der Waals surface area contributed by atoms with Gasteiger partial charge in [0.05, 0.1) is 10.4 Å². The topological polar surface area (TPSA) is 12.0 Å². The first kappa shape index (κ1) is 12.0. The first-order chi connectivity index (χ1) is 8.65. The third-order valence-electron chi connectivity index (χ3n) is 3.44. The van der Waals surface area contributed by atoms with Gasteiger partial charge in [-0.05, 0) is 43.5 Å². The summed E-state index contributed by atoms with van der Waals surface area (Å²) in [5.41, 5.74) is 2.82. The third-order valence-corrected chi connectivity index (χ3v) is 4.78. The first-order valence-corrected chi connectivity index (χ1v) is 7.14. The Balaban J connectivity index is 1.88. The summed E-state index contributed by atoms with van der Waals surface area (Å²) >= 11 is 7.68. The minimum absolute atomic E-state index is 0.165. The molecule has 1 N–H and O–H groups in total. The number of hydrogen-bond acceptors (Lipinski definition) is 2. The van der Waals surface area contributed by atoms with Crippen LogP contribution in [-0.4, -0.2) is 0 Å². The molecule has 1 aliphatic carbocycles. The molecule has 18 heavy (non-hydrogen) atoms. The summed E-state index contributed by atoms with van der Waals surface area (Å²) < 4.78 is 14.3. The van der Waals surface area contributed by atoms with E-state index >= 15 is 0 Å². The Kier molecular flexibility index (Phi) is 3.04. The van der Waals surface area contributed by atoms with Crippen LogP contribution < -0.4 is 5.32 Å². The van der Waals surface area contributed by atoms with E-state index in [2.05, 4.69) is 5.32 Å². The quantitative estimate of drug-likeness (QED) is 0.821. The lowest BCUT2D eigenvalue weighted by Gasteiger charge is -2.16. The highest BCUT2D eigenvalue weighted by atomic mass is 35.5. The van der Waals surface area contributed by atoms with Crippen molar-refractivity contribution in [2.45, 2.75) is 25.8 Å². The molecule has 0 saturated heterocycles. The highest BCUT2D eigenvalue weighted by Crippen LogP contribution is 2.41. The zero-order valence-electron chi connectivity index (χ0n) is 9.97. The molecule has 0 saturated carbocycles. The van der Waals surface area contributed by atoms with E-state index in [0.717, 1.165) is 22.9 Å². The molecule has 4 heteroatoms. The number of benzene rings is 1. The van der Waals surface area contributed by atoms with Gasteiger partial charge in [-0.1, -0.05) is 17.7 Å². The van der Waals surface area contributed by atoms with E-state index in [0.29, 0.717) is 5.56 Å². The smallest absolute Gasteiger partial charge is 0.128 e. The van der Waals surface area contributed by atoms with Crippen LogP contribution in [0.15, 0.2) is 24.3 Å². The number of fused-ring (bicyclic) bond motifs is 1. The van der Waals surface area contributed by atoms with Crippen molar-refractivity contribution in [1.82, 2.24) is 0 Å². The van der Waals surface area contributed by atoms with E-state index in [4.69, 9.17) is 11.6 Å². The molecule has 0 amide bonds. The van der Waals surface area contributed by atoms with Gasteiger partial charge in [-0.15, -0.1) is 11.3 Å². The number of halogens is 2. The highest BCUT2D eigenvalue weighted by molar-refractivity contribution is 7.16. The van der Waals surface area contributed by atoms with Crippen LogP contribution in [0.1, 0.15) is 28.5 Å². The summed E-state index contributed by atoms with van der Waals surface area (Å²) in [5.74, 6) is -0.165. The minimum Gasteiger partial charge on any atom is -0.378 e. The fourth-order valence-electron chi connectivity index (χ4n) is 2.43. The maximum absolute atomic E-state index is 13.5. The average Bonchev–Trinajstić information content (AvgIpc) is 2.86. The van der Waals surface area contributed by atoms with Crippen LogP contribution in [0.3, 0.4) is 0 Å². The number of thiophene rings is 1. The Morgan fingerprint density at radius 1 is 1.44 bits per heavy atom. The van der Waals surface area contributed by atoms with Gasteiger partial charge in [0, 0.05) is 16.1 Å². The summed E-state index contributed by atoms with van der Waals surface area (Å²) in [6.45, 7) is 1.80. The van der Waals surface area contributed by atoms with Crippen molar-refractivity contribution in [2.75, 3.05) is 5.32 Å². The van der Waals surface area contributed by atoms with Gasteiger partial charge in [-0.2, -0.15) is 0 Å². The predicted octanol–water partition coefficient (Wildman–Crippen LogP) is 4.95. The number of aryl methyl sites for hydroxylation is 1. The fourth-order valence-corrected chi connectivity index (χ4v) is 3.79. The summed E-state index contributed by atoms with van der Waals surface area (Å²) in [6, 6.07) is 7.43. The molecule has 0 spiro atoms. The minimum atomic E-state index is -0.165. The molecular formula is C14H13ClFNS. The highest BCUT2D eigenvalue weighted by Gasteiger charge is 2.25. The molecule has 94 valence electrons. The van der Waals surface area contributed by atoms with Crippen molar-refractivity contribution in [1.29, 1.82) is 0 Å². The van der Waals surface area contributed by atoms with Crippen molar-refractivity contribution in [3.63, 3.8) is 0 Å². The van der Waals surface area contributed by atoms with E-state index < -0.39 is 0 Å². The average molecular weight is 282 g/mol. The molecule has 1 nitrogen and oxygen atoms in total. The fraction of sp³-hybridized carbons (Fsp3) is 0.286. The number of rotatable bonds is 2. The van der Waals surface area contributed by atoms with Crippen LogP contribution in [0.25, 0.3) is 0 Å². The molecule has 0 aliphatic heterocycles. The Morgan fingerprint density at radius 2 is 2.28 bits per heavy atom. The zero-order valence-corrected chi connectivity index (χ0v) is 11.5. The Labute approximate surface area is 115 Å². The molecule has 1 heterocycles. The van der Waals surface area contributed by atoms with Gasteiger partial charge in [0.2, 0.25) is 0 Å². The van der Waals surface area contributed by atoms with Crippen LogP contribution in [0.2, 0.25) is 4.34 Å². The van der Waals surface area contributed by atoms with Gasteiger partial charge in [0.15, 0.2) is 0 Å². The van der Waals surface area contributed by atoms with E-state index in [-0.39, 0.29) is 11.9 Å². The molecule has 3 rings (SSSR count). The van der Waals surface area contributed by atoms with Gasteiger partial charge < -0.3 is 5.32 Å². The van der Waals surface area contributed by atoms with Gasteiger partial charge in [-0.25, -0.2) is 4.39 Å². The monoisotopic (exact) mass is 281 g/mol. The van der Waals surface area contributed by atoms with Crippen LogP contribution >= 0.6 is 22.9 Å². The molecule has 0 radical (unpaired) electrons. The molecular weight excluding hydrogens is 269 g/mol.